The zero-order chi connectivity index (χ0) is 16.2. The van der Waals surface area contributed by atoms with Crippen molar-refractivity contribution in [2.24, 2.45) is 5.73 Å². The summed E-state index contributed by atoms with van der Waals surface area (Å²) in [5, 5.41) is 8.54. The first kappa shape index (κ1) is 16.0. The molecule has 5 N–H and O–H groups in total. The predicted octanol–water partition coefficient (Wildman–Crippen LogP) is 1.27. The van der Waals surface area contributed by atoms with E-state index in [2.05, 4.69) is 20.6 Å². The summed E-state index contributed by atoms with van der Waals surface area (Å²) in [6.07, 6.45) is 2.11. The number of aromatic amines is 1. The summed E-state index contributed by atoms with van der Waals surface area (Å²) in [6, 6.07) is 1.86. The van der Waals surface area contributed by atoms with Gasteiger partial charge in [-0.15, -0.1) is 11.3 Å². The van der Waals surface area contributed by atoms with Gasteiger partial charge in [0.1, 0.15) is 5.69 Å². The minimum absolute atomic E-state index is 0.0437. The van der Waals surface area contributed by atoms with Gasteiger partial charge in [-0.05, 0) is 6.07 Å². The molecule has 122 valence electrons. The highest BCUT2D eigenvalue weighted by Crippen LogP contribution is 2.25. The average molecular weight is 351 g/mol. The van der Waals surface area contributed by atoms with Crippen LogP contribution in [0.2, 0.25) is 0 Å². The second kappa shape index (κ2) is 7.16. The van der Waals surface area contributed by atoms with E-state index in [0.717, 1.165) is 23.6 Å². The fraction of sp³-hybridized carbons (Fsp3) is 0.357. The van der Waals surface area contributed by atoms with E-state index in [9.17, 15) is 9.59 Å². The minimum Gasteiger partial charge on any atom is -0.364 e. The Morgan fingerprint density at radius 3 is 3.04 bits per heavy atom. The fourth-order valence-corrected chi connectivity index (χ4v) is 3.98. The van der Waals surface area contributed by atoms with Crippen LogP contribution in [0.25, 0.3) is 11.3 Å². The van der Waals surface area contributed by atoms with Gasteiger partial charge in [0.2, 0.25) is 5.91 Å². The summed E-state index contributed by atoms with van der Waals surface area (Å²) in [5.74, 6) is 1.49. The van der Waals surface area contributed by atoms with Gasteiger partial charge < -0.3 is 21.4 Å². The van der Waals surface area contributed by atoms with Gasteiger partial charge in [-0.2, -0.15) is 11.8 Å². The van der Waals surface area contributed by atoms with Crippen LogP contribution in [0.1, 0.15) is 16.9 Å². The summed E-state index contributed by atoms with van der Waals surface area (Å²) >= 11 is 3.21. The molecule has 0 bridgehead atoms. The van der Waals surface area contributed by atoms with E-state index in [4.69, 9.17) is 5.73 Å². The molecule has 0 aromatic carbocycles. The number of thioether (sulfide) groups is 1. The summed E-state index contributed by atoms with van der Waals surface area (Å²) in [4.78, 5) is 30.3. The van der Waals surface area contributed by atoms with E-state index in [1.165, 1.54) is 11.3 Å². The van der Waals surface area contributed by atoms with Crippen LogP contribution in [-0.2, 0) is 4.79 Å². The minimum atomic E-state index is -0.516. The van der Waals surface area contributed by atoms with Gasteiger partial charge in [0.05, 0.1) is 5.69 Å². The number of H-pyrrole nitrogens is 1. The largest absolute Gasteiger partial charge is 0.364 e. The molecule has 0 radical (unpaired) electrons. The SMILES string of the molecule is NC(=O)c1cc(-c2csc(NC(=O)CC3CSCCN3)n2)c[nH]1. The lowest BCUT2D eigenvalue weighted by atomic mass is 10.2. The topological polar surface area (TPSA) is 113 Å². The molecule has 1 aliphatic heterocycles. The molecule has 7 nitrogen and oxygen atoms in total. The third kappa shape index (κ3) is 4.12. The van der Waals surface area contributed by atoms with Gasteiger partial charge in [-0.3, -0.25) is 9.59 Å². The average Bonchev–Trinajstić information content (AvgIpc) is 3.16. The molecule has 0 aliphatic carbocycles. The molecule has 0 spiro atoms. The van der Waals surface area contributed by atoms with Crippen molar-refractivity contribution in [3.63, 3.8) is 0 Å². The lowest BCUT2D eigenvalue weighted by Gasteiger charge is -2.22. The molecule has 2 aromatic heterocycles. The molecule has 1 fully saturated rings. The second-order valence-electron chi connectivity index (χ2n) is 5.18. The Bertz CT molecular complexity index is 706. The van der Waals surface area contributed by atoms with E-state index in [-0.39, 0.29) is 11.9 Å². The Morgan fingerprint density at radius 2 is 2.35 bits per heavy atom. The van der Waals surface area contributed by atoms with Crippen LogP contribution in [0.15, 0.2) is 17.6 Å². The van der Waals surface area contributed by atoms with Crippen LogP contribution in [0.5, 0.6) is 0 Å². The van der Waals surface area contributed by atoms with Crippen molar-refractivity contribution < 1.29 is 9.59 Å². The first-order valence-corrected chi connectivity index (χ1v) is 9.20. The number of aromatic nitrogens is 2. The Labute approximate surface area is 141 Å². The van der Waals surface area contributed by atoms with E-state index < -0.39 is 5.91 Å². The predicted molar refractivity (Wildman–Crippen MR) is 92.8 cm³/mol. The molecular weight excluding hydrogens is 334 g/mol. The summed E-state index contributed by atoms with van der Waals surface area (Å²) in [6.45, 7) is 0.944. The maximum absolute atomic E-state index is 12.1. The maximum Gasteiger partial charge on any atom is 0.265 e. The first-order valence-electron chi connectivity index (χ1n) is 7.17. The highest BCUT2D eigenvalue weighted by atomic mass is 32.2. The van der Waals surface area contributed by atoms with Crippen LogP contribution in [-0.4, -0.2) is 45.9 Å². The Hall–Kier alpha value is -1.84. The number of carbonyl (C=O) groups is 2. The molecule has 1 atom stereocenters. The Kier molecular flexibility index (Phi) is 4.99. The third-order valence-electron chi connectivity index (χ3n) is 3.43. The normalized spacial score (nSPS) is 17.8. The lowest BCUT2D eigenvalue weighted by molar-refractivity contribution is -0.116. The second-order valence-corrected chi connectivity index (χ2v) is 7.19. The van der Waals surface area contributed by atoms with Crippen molar-refractivity contribution in [2.75, 3.05) is 23.4 Å². The van der Waals surface area contributed by atoms with Crippen molar-refractivity contribution in [1.82, 2.24) is 15.3 Å². The lowest BCUT2D eigenvalue weighted by Crippen LogP contribution is -2.39. The molecule has 3 heterocycles. The van der Waals surface area contributed by atoms with E-state index >= 15 is 0 Å². The molecule has 9 heteroatoms. The van der Waals surface area contributed by atoms with Crippen LogP contribution >= 0.6 is 23.1 Å². The molecule has 23 heavy (non-hydrogen) atoms. The van der Waals surface area contributed by atoms with Crippen molar-refractivity contribution in [3.8, 4) is 11.3 Å². The summed E-state index contributed by atoms with van der Waals surface area (Å²) in [7, 11) is 0. The molecule has 1 aliphatic rings. The van der Waals surface area contributed by atoms with Crippen molar-refractivity contribution in [2.45, 2.75) is 12.5 Å². The van der Waals surface area contributed by atoms with Gasteiger partial charge in [-0.25, -0.2) is 4.98 Å². The number of nitrogens with one attached hydrogen (secondary N) is 3. The summed E-state index contributed by atoms with van der Waals surface area (Å²) < 4.78 is 0. The van der Waals surface area contributed by atoms with Crippen LogP contribution < -0.4 is 16.4 Å². The Morgan fingerprint density at radius 1 is 1.48 bits per heavy atom. The number of anilines is 1. The smallest absolute Gasteiger partial charge is 0.265 e. The number of carbonyl (C=O) groups excluding carboxylic acids is 2. The van der Waals surface area contributed by atoms with Gasteiger partial charge in [0.25, 0.3) is 5.91 Å². The number of hydrogen-bond acceptors (Lipinski definition) is 6. The highest BCUT2D eigenvalue weighted by molar-refractivity contribution is 7.99. The highest BCUT2D eigenvalue weighted by Gasteiger charge is 2.17. The van der Waals surface area contributed by atoms with Gasteiger partial charge in [0, 0.05) is 47.7 Å². The van der Waals surface area contributed by atoms with Crippen LogP contribution in [0.4, 0.5) is 5.13 Å². The van der Waals surface area contributed by atoms with Crippen molar-refractivity contribution >= 4 is 40.0 Å². The van der Waals surface area contributed by atoms with E-state index in [0.29, 0.717) is 22.9 Å². The molecule has 1 saturated heterocycles. The number of amides is 2. The van der Waals surface area contributed by atoms with Crippen molar-refractivity contribution in [1.29, 1.82) is 0 Å². The zero-order valence-corrected chi connectivity index (χ0v) is 13.9. The first-order chi connectivity index (χ1) is 11.1. The molecule has 0 saturated carbocycles. The molecular formula is C14H17N5O2S2. The van der Waals surface area contributed by atoms with Gasteiger partial charge >= 0.3 is 0 Å². The van der Waals surface area contributed by atoms with Gasteiger partial charge in [0.15, 0.2) is 5.13 Å². The number of primary amides is 1. The molecule has 2 amide bonds. The number of nitrogens with zero attached hydrogens (tertiary/aromatic N) is 1. The van der Waals surface area contributed by atoms with Crippen LogP contribution in [0, 0.1) is 0 Å². The maximum atomic E-state index is 12.1. The number of hydrogen-bond donors (Lipinski definition) is 4. The number of rotatable bonds is 5. The zero-order valence-electron chi connectivity index (χ0n) is 12.3. The van der Waals surface area contributed by atoms with Gasteiger partial charge in [-0.1, -0.05) is 0 Å². The van der Waals surface area contributed by atoms with E-state index in [1.807, 2.05) is 17.1 Å². The molecule has 2 aromatic rings. The Balaban J connectivity index is 1.60. The number of nitrogens with two attached hydrogens (primary N) is 1. The number of thiazole rings is 1. The van der Waals surface area contributed by atoms with Crippen LogP contribution in [0.3, 0.4) is 0 Å². The van der Waals surface area contributed by atoms with E-state index in [1.54, 1.807) is 12.3 Å². The molecule has 3 rings (SSSR count). The quantitative estimate of drug-likeness (QED) is 0.648. The fourth-order valence-electron chi connectivity index (χ4n) is 2.29. The standard InChI is InChI=1S/C14H17N5O2S2/c15-13(21)10-3-8(5-17-10)11-7-23-14(18-11)19-12(20)4-9-6-22-2-1-16-9/h3,5,7,9,16-17H,1-2,4,6H2,(H2,15,21)(H,18,19,20). The summed E-state index contributed by atoms with van der Waals surface area (Å²) in [5.41, 5.74) is 7.00. The monoisotopic (exact) mass is 351 g/mol. The van der Waals surface area contributed by atoms with Crippen molar-refractivity contribution in [3.05, 3.63) is 23.3 Å². The molecule has 1 unspecified atom stereocenters. The third-order valence-corrected chi connectivity index (χ3v) is 5.31.